The van der Waals surface area contributed by atoms with Gasteiger partial charge in [0.15, 0.2) is 0 Å². The molecule has 0 fully saturated rings. The van der Waals surface area contributed by atoms with E-state index in [0.717, 1.165) is 6.16 Å². The summed E-state index contributed by atoms with van der Waals surface area (Å²) < 4.78 is 0. The van der Waals surface area contributed by atoms with Crippen molar-refractivity contribution in [3.8, 4) is 0 Å². The van der Waals surface area contributed by atoms with Crippen LogP contribution in [0.15, 0.2) is 0 Å². The lowest BCUT2D eigenvalue weighted by molar-refractivity contribution is 0.342. The van der Waals surface area contributed by atoms with Crippen LogP contribution in [0.2, 0.25) is 0 Å². The smallest absolute Gasteiger partial charge is 0.0646 e. The molecule has 2 nitrogen and oxygen atoms in total. The average Bonchev–Trinajstić information content (AvgIpc) is 1.82. The zero-order valence-corrected chi connectivity index (χ0v) is 6.93. The molecule has 0 radical (unpaired) electrons. The van der Waals surface area contributed by atoms with Crippen molar-refractivity contribution in [1.29, 1.82) is 0 Å². The van der Waals surface area contributed by atoms with E-state index in [2.05, 4.69) is 13.8 Å². The standard InChI is InChI=1S/C6H15O2P/c1-6(2)3-9(4-7)5-8/h6-8H,3-5H2,1-2H3. The number of hydrogen-bond donors (Lipinski definition) is 2. The molecule has 0 saturated heterocycles. The maximum atomic E-state index is 8.64. The van der Waals surface area contributed by atoms with E-state index in [-0.39, 0.29) is 12.7 Å². The second-order valence-electron chi connectivity index (χ2n) is 2.53. The monoisotopic (exact) mass is 150 g/mol. The van der Waals surface area contributed by atoms with Crippen LogP contribution in [0.4, 0.5) is 0 Å². The van der Waals surface area contributed by atoms with Crippen molar-refractivity contribution >= 4 is 7.92 Å². The van der Waals surface area contributed by atoms with Gasteiger partial charge in [-0.1, -0.05) is 21.8 Å². The normalized spacial score (nSPS) is 11.3. The van der Waals surface area contributed by atoms with E-state index in [1.807, 2.05) is 0 Å². The Balaban J connectivity index is 3.31. The Hall–Kier alpha value is 0.350. The summed E-state index contributed by atoms with van der Waals surface area (Å²) in [5.41, 5.74) is 0. The molecule has 0 rings (SSSR count). The fourth-order valence-electron chi connectivity index (χ4n) is 0.677. The van der Waals surface area contributed by atoms with Crippen molar-refractivity contribution in [3.05, 3.63) is 0 Å². The van der Waals surface area contributed by atoms with Crippen molar-refractivity contribution < 1.29 is 10.2 Å². The number of aliphatic hydroxyl groups is 2. The molecule has 0 heterocycles. The highest BCUT2D eigenvalue weighted by Gasteiger charge is 2.05. The summed E-state index contributed by atoms with van der Waals surface area (Å²) in [6.45, 7) is 4.20. The molecule has 0 aromatic carbocycles. The molecule has 9 heavy (non-hydrogen) atoms. The minimum atomic E-state index is -0.485. The molecule has 0 aliphatic heterocycles. The van der Waals surface area contributed by atoms with Crippen molar-refractivity contribution in [2.45, 2.75) is 13.8 Å². The molecule has 0 bridgehead atoms. The Kier molecular flexibility index (Phi) is 5.36. The molecule has 0 atom stereocenters. The first-order valence-corrected chi connectivity index (χ1v) is 5.04. The van der Waals surface area contributed by atoms with Crippen molar-refractivity contribution in [2.75, 3.05) is 18.9 Å². The third kappa shape index (κ3) is 4.83. The van der Waals surface area contributed by atoms with Crippen LogP contribution in [-0.4, -0.2) is 29.1 Å². The zero-order valence-electron chi connectivity index (χ0n) is 6.04. The van der Waals surface area contributed by atoms with Crippen molar-refractivity contribution in [1.82, 2.24) is 0 Å². The maximum Gasteiger partial charge on any atom is 0.0646 e. The first-order chi connectivity index (χ1) is 4.20. The quantitative estimate of drug-likeness (QED) is 0.587. The zero-order chi connectivity index (χ0) is 7.28. The van der Waals surface area contributed by atoms with Crippen LogP contribution in [0.3, 0.4) is 0 Å². The van der Waals surface area contributed by atoms with E-state index in [1.165, 1.54) is 0 Å². The van der Waals surface area contributed by atoms with Gasteiger partial charge in [-0.3, -0.25) is 0 Å². The Labute approximate surface area is 57.7 Å². The maximum absolute atomic E-state index is 8.64. The van der Waals surface area contributed by atoms with Gasteiger partial charge in [-0.2, -0.15) is 0 Å². The third-order valence-electron chi connectivity index (χ3n) is 1.02. The van der Waals surface area contributed by atoms with Crippen LogP contribution in [0, 0.1) is 5.92 Å². The number of hydrogen-bond acceptors (Lipinski definition) is 2. The molecule has 0 aromatic rings. The van der Waals surface area contributed by atoms with Gasteiger partial charge >= 0.3 is 0 Å². The summed E-state index contributed by atoms with van der Waals surface area (Å²) in [5, 5.41) is 17.3. The minimum absolute atomic E-state index is 0.171. The van der Waals surface area contributed by atoms with Gasteiger partial charge in [-0.05, 0) is 12.1 Å². The summed E-state index contributed by atoms with van der Waals surface area (Å²) in [6, 6.07) is 0. The van der Waals surface area contributed by atoms with E-state index >= 15 is 0 Å². The first kappa shape index (κ1) is 9.35. The van der Waals surface area contributed by atoms with Gasteiger partial charge in [0.1, 0.15) is 0 Å². The lowest BCUT2D eigenvalue weighted by atomic mass is 10.3. The fraction of sp³-hybridized carbons (Fsp3) is 1.00. The molecular weight excluding hydrogens is 135 g/mol. The Morgan fingerprint density at radius 2 is 1.67 bits per heavy atom. The SMILES string of the molecule is CC(C)CP(CO)CO. The van der Waals surface area contributed by atoms with Crippen LogP contribution < -0.4 is 0 Å². The summed E-state index contributed by atoms with van der Waals surface area (Å²) >= 11 is 0. The van der Waals surface area contributed by atoms with Crippen molar-refractivity contribution in [3.63, 3.8) is 0 Å². The lowest BCUT2D eigenvalue weighted by Crippen LogP contribution is -1.99. The third-order valence-corrected chi connectivity index (χ3v) is 3.07. The van der Waals surface area contributed by atoms with Gasteiger partial charge in [0.25, 0.3) is 0 Å². The van der Waals surface area contributed by atoms with Crippen LogP contribution in [0.25, 0.3) is 0 Å². The van der Waals surface area contributed by atoms with Gasteiger partial charge < -0.3 is 10.2 Å². The average molecular weight is 150 g/mol. The fourth-order valence-corrected chi connectivity index (χ4v) is 2.03. The highest BCUT2D eigenvalue weighted by molar-refractivity contribution is 7.57. The van der Waals surface area contributed by atoms with Gasteiger partial charge in [0.2, 0.25) is 0 Å². The Bertz CT molecular complexity index is 62.1. The number of rotatable bonds is 4. The molecule has 0 aromatic heterocycles. The predicted octanol–water partition coefficient (Wildman–Crippen LogP) is 1.02. The van der Waals surface area contributed by atoms with Gasteiger partial charge in [0, 0.05) is 0 Å². The molecule has 0 unspecified atom stereocenters. The van der Waals surface area contributed by atoms with E-state index in [1.54, 1.807) is 0 Å². The van der Waals surface area contributed by atoms with E-state index in [9.17, 15) is 0 Å². The molecule has 0 aliphatic rings. The summed E-state index contributed by atoms with van der Waals surface area (Å²) in [4.78, 5) is 0. The second-order valence-corrected chi connectivity index (χ2v) is 4.80. The largest absolute Gasteiger partial charge is 0.392 e. The molecule has 0 amide bonds. The van der Waals surface area contributed by atoms with E-state index in [0.29, 0.717) is 5.92 Å². The summed E-state index contributed by atoms with van der Waals surface area (Å²) in [6.07, 6.45) is 1.32. The van der Waals surface area contributed by atoms with Gasteiger partial charge in [-0.25, -0.2) is 0 Å². The van der Waals surface area contributed by atoms with Gasteiger partial charge in [0.05, 0.1) is 12.7 Å². The molecular formula is C6H15O2P. The van der Waals surface area contributed by atoms with E-state index < -0.39 is 7.92 Å². The van der Waals surface area contributed by atoms with Gasteiger partial charge in [-0.15, -0.1) is 0 Å². The minimum Gasteiger partial charge on any atom is -0.392 e. The topological polar surface area (TPSA) is 40.5 Å². The Morgan fingerprint density at radius 1 is 1.22 bits per heavy atom. The number of aliphatic hydroxyl groups excluding tert-OH is 2. The molecule has 3 heteroatoms. The Morgan fingerprint density at radius 3 is 1.78 bits per heavy atom. The highest BCUT2D eigenvalue weighted by Crippen LogP contribution is 2.34. The van der Waals surface area contributed by atoms with Crippen LogP contribution in [0.1, 0.15) is 13.8 Å². The molecule has 56 valence electrons. The molecule has 0 saturated carbocycles. The van der Waals surface area contributed by atoms with Crippen molar-refractivity contribution in [2.24, 2.45) is 5.92 Å². The van der Waals surface area contributed by atoms with Crippen LogP contribution in [-0.2, 0) is 0 Å². The molecule has 0 spiro atoms. The van der Waals surface area contributed by atoms with E-state index in [4.69, 9.17) is 10.2 Å². The van der Waals surface area contributed by atoms with Crippen LogP contribution in [0.5, 0.6) is 0 Å². The summed E-state index contributed by atoms with van der Waals surface area (Å²) in [5.74, 6) is 0.593. The van der Waals surface area contributed by atoms with Crippen LogP contribution >= 0.6 is 7.92 Å². The lowest BCUT2D eigenvalue weighted by Gasteiger charge is -2.12. The summed E-state index contributed by atoms with van der Waals surface area (Å²) in [7, 11) is -0.485. The molecule has 0 aliphatic carbocycles. The second kappa shape index (κ2) is 5.16. The predicted molar refractivity (Wildman–Crippen MR) is 40.8 cm³/mol. The highest BCUT2D eigenvalue weighted by atomic mass is 31.1. The molecule has 2 N–H and O–H groups in total. The first-order valence-electron chi connectivity index (χ1n) is 3.14.